The molecule has 0 aliphatic heterocycles. The Hall–Kier alpha value is -2.94. The van der Waals surface area contributed by atoms with Crippen molar-refractivity contribution in [1.82, 2.24) is 15.3 Å². The molecular formula is C20H19F3N4OS. The Balaban J connectivity index is 1.58. The lowest BCUT2D eigenvalue weighted by molar-refractivity contribution is -0.137. The molecule has 0 fully saturated rings. The van der Waals surface area contributed by atoms with E-state index in [0.717, 1.165) is 23.5 Å². The topological polar surface area (TPSA) is 58.1 Å². The number of aromatic nitrogens is 2. The van der Waals surface area contributed by atoms with Crippen molar-refractivity contribution in [2.24, 2.45) is 0 Å². The molecular weight excluding hydrogens is 401 g/mol. The molecule has 0 atom stereocenters. The van der Waals surface area contributed by atoms with Crippen molar-refractivity contribution < 1.29 is 18.0 Å². The first-order chi connectivity index (χ1) is 13.7. The summed E-state index contributed by atoms with van der Waals surface area (Å²) in [5.74, 6) is 0.620. The van der Waals surface area contributed by atoms with Crippen molar-refractivity contribution in [3.8, 4) is 10.6 Å². The largest absolute Gasteiger partial charge is 0.416 e. The van der Waals surface area contributed by atoms with Crippen molar-refractivity contribution in [3.05, 3.63) is 64.8 Å². The number of alkyl halides is 3. The third-order valence-electron chi connectivity index (χ3n) is 4.11. The summed E-state index contributed by atoms with van der Waals surface area (Å²) < 4.78 is 38.0. The molecule has 0 spiro atoms. The van der Waals surface area contributed by atoms with Gasteiger partial charge in [0.05, 0.1) is 17.7 Å². The number of anilines is 1. The van der Waals surface area contributed by atoms with Gasteiger partial charge in [-0.25, -0.2) is 9.97 Å². The van der Waals surface area contributed by atoms with Crippen LogP contribution in [-0.2, 0) is 23.9 Å². The van der Waals surface area contributed by atoms with Gasteiger partial charge >= 0.3 is 6.18 Å². The first-order valence-corrected chi connectivity index (χ1v) is 9.61. The number of amides is 1. The number of halogens is 3. The second-order valence-electron chi connectivity index (χ2n) is 6.59. The first kappa shape index (κ1) is 20.8. The quantitative estimate of drug-likeness (QED) is 0.651. The number of nitrogens with zero attached hydrogens (tertiary/aromatic N) is 3. The van der Waals surface area contributed by atoms with E-state index in [0.29, 0.717) is 22.8 Å². The Morgan fingerprint density at radius 2 is 1.90 bits per heavy atom. The molecule has 9 heteroatoms. The van der Waals surface area contributed by atoms with E-state index in [9.17, 15) is 18.0 Å². The Labute approximate surface area is 170 Å². The van der Waals surface area contributed by atoms with Crippen molar-refractivity contribution in [1.29, 1.82) is 0 Å². The predicted octanol–water partition coefficient (Wildman–Crippen LogP) is 4.15. The van der Waals surface area contributed by atoms with Crippen LogP contribution >= 0.6 is 11.3 Å². The minimum atomic E-state index is -4.37. The summed E-state index contributed by atoms with van der Waals surface area (Å²) in [4.78, 5) is 22.7. The van der Waals surface area contributed by atoms with Crippen LogP contribution < -0.4 is 10.2 Å². The fourth-order valence-corrected chi connectivity index (χ4v) is 3.39. The van der Waals surface area contributed by atoms with Gasteiger partial charge in [0.25, 0.3) is 0 Å². The van der Waals surface area contributed by atoms with Gasteiger partial charge in [-0.3, -0.25) is 4.79 Å². The minimum absolute atomic E-state index is 0.1000. The van der Waals surface area contributed by atoms with Gasteiger partial charge in [-0.15, -0.1) is 11.3 Å². The van der Waals surface area contributed by atoms with Crippen molar-refractivity contribution in [2.45, 2.75) is 19.1 Å². The van der Waals surface area contributed by atoms with Crippen LogP contribution in [0.3, 0.4) is 0 Å². The van der Waals surface area contributed by atoms with E-state index in [2.05, 4.69) is 15.3 Å². The molecule has 0 unspecified atom stereocenters. The molecule has 1 aromatic carbocycles. The fourth-order valence-electron chi connectivity index (χ4n) is 2.57. The Morgan fingerprint density at radius 1 is 1.17 bits per heavy atom. The molecule has 0 radical (unpaired) electrons. The molecule has 0 aliphatic carbocycles. The van der Waals surface area contributed by atoms with Gasteiger partial charge in [-0.1, -0.05) is 12.1 Å². The monoisotopic (exact) mass is 420 g/mol. The number of nitrogens with one attached hydrogen (secondary N) is 1. The van der Waals surface area contributed by atoms with Crippen LogP contribution in [0.2, 0.25) is 0 Å². The molecule has 2 aromatic heterocycles. The lowest BCUT2D eigenvalue weighted by atomic mass is 10.1. The van der Waals surface area contributed by atoms with Crippen LogP contribution in [0.5, 0.6) is 0 Å². The third-order valence-corrected chi connectivity index (χ3v) is 5.05. The second kappa shape index (κ2) is 8.60. The van der Waals surface area contributed by atoms with Gasteiger partial charge in [-0.05, 0) is 29.8 Å². The molecule has 2 heterocycles. The van der Waals surface area contributed by atoms with Gasteiger partial charge in [0.15, 0.2) is 0 Å². The van der Waals surface area contributed by atoms with Gasteiger partial charge < -0.3 is 10.2 Å². The predicted molar refractivity (Wildman–Crippen MR) is 107 cm³/mol. The Morgan fingerprint density at radius 3 is 2.55 bits per heavy atom. The molecule has 3 rings (SSSR count). The molecule has 152 valence electrons. The zero-order valence-corrected chi connectivity index (χ0v) is 16.6. The molecule has 0 saturated carbocycles. The zero-order valence-electron chi connectivity index (χ0n) is 15.8. The molecule has 0 bridgehead atoms. The van der Waals surface area contributed by atoms with Gasteiger partial charge in [0, 0.05) is 37.8 Å². The van der Waals surface area contributed by atoms with Gasteiger partial charge in [-0.2, -0.15) is 13.2 Å². The normalized spacial score (nSPS) is 11.3. The summed E-state index contributed by atoms with van der Waals surface area (Å²) in [5, 5.41) is 5.16. The van der Waals surface area contributed by atoms with Crippen LogP contribution in [0, 0.1) is 0 Å². The molecule has 3 aromatic rings. The summed E-state index contributed by atoms with van der Waals surface area (Å²) in [6.07, 6.45) is -2.58. The summed E-state index contributed by atoms with van der Waals surface area (Å²) in [6.45, 7) is 0.373. The van der Waals surface area contributed by atoms with Crippen LogP contribution in [-0.4, -0.2) is 30.0 Å². The number of pyridine rings is 1. The molecule has 1 amide bonds. The fraction of sp³-hybridized carbons (Fsp3) is 0.250. The number of rotatable bonds is 6. The first-order valence-electron chi connectivity index (χ1n) is 8.73. The van der Waals surface area contributed by atoms with Crippen LogP contribution in [0.15, 0.2) is 48.0 Å². The Bertz CT molecular complexity index is 984. The lowest BCUT2D eigenvalue weighted by Crippen LogP contribution is -2.24. The summed E-state index contributed by atoms with van der Waals surface area (Å²) >= 11 is 1.29. The van der Waals surface area contributed by atoms with Crippen LogP contribution in [0.25, 0.3) is 10.6 Å². The maximum atomic E-state index is 12.7. The summed E-state index contributed by atoms with van der Waals surface area (Å²) in [7, 11) is 3.78. The van der Waals surface area contributed by atoms with E-state index in [4.69, 9.17) is 0 Å². The van der Waals surface area contributed by atoms with Gasteiger partial charge in [0.1, 0.15) is 10.8 Å². The lowest BCUT2D eigenvalue weighted by Gasteiger charge is -2.12. The molecule has 0 aliphatic rings. The van der Waals surface area contributed by atoms with E-state index >= 15 is 0 Å². The average Bonchev–Trinajstić information content (AvgIpc) is 3.14. The molecule has 29 heavy (non-hydrogen) atoms. The standard InChI is InChI=1S/C20H19F3N4OS/c1-27(2)17-9-13(7-8-24-17)11-25-18(28)10-16-12-29-19(26-16)14-3-5-15(6-4-14)20(21,22)23/h3-9,12H,10-11H2,1-2H3,(H,25,28). The maximum Gasteiger partial charge on any atom is 0.416 e. The highest BCUT2D eigenvalue weighted by Gasteiger charge is 2.30. The van der Waals surface area contributed by atoms with E-state index in [-0.39, 0.29) is 12.3 Å². The van der Waals surface area contributed by atoms with Crippen molar-refractivity contribution in [2.75, 3.05) is 19.0 Å². The summed E-state index contributed by atoms with van der Waals surface area (Å²) in [5.41, 5.74) is 1.39. The average molecular weight is 420 g/mol. The highest BCUT2D eigenvalue weighted by Crippen LogP contribution is 2.31. The number of hydrogen-bond donors (Lipinski definition) is 1. The third kappa shape index (κ3) is 5.54. The highest BCUT2D eigenvalue weighted by atomic mass is 32.1. The second-order valence-corrected chi connectivity index (χ2v) is 7.45. The van der Waals surface area contributed by atoms with Gasteiger partial charge in [0.2, 0.25) is 5.91 Å². The number of carbonyl (C=O) groups excluding carboxylic acids is 1. The SMILES string of the molecule is CN(C)c1cc(CNC(=O)Cc2csc(-c3ccc(C(F)(F)F)cc3)n2)ccn1. The highest BCUT2D eigenvalue weighted by molar-refractivity contribution is 7.13. The van der Waals surface area contributed by atoms with E-state index in [1.165, 1.54) is 23.5 Å². The number of carbonyl (C=O) groups is 1. The summed E-state index contributed by atoms with van der Waals surface area (Å²) in [6, 6.07) is 8.55. The molecule has 0 saturated heterocycles. The van der Waals surface area contributed by atoms with E-state index < -0.39 is 11.7 Å². The number of benzene rings is 1. The molecule has 1 N–H and O–H groups in total. The van der Waals surface area contributed by atoms with E-state index in [1.807, 2.05) is 31.1 Å². The number of thiazole rings is 1. The minimum Gasteiger partial charge on any atom is -0.363 e. The van der Waals surface area contributed by atoms with Crippen LogP contribution in [0.4, 0.5) is 19.0 Å². The van der Waals surface area contributed by atoms with Crippen molar-refractivity contribution in [3.63, 3.8) is 0 Å². The van der Waals surface area contributed by atoms with Crippen LogP contribution in [0.1, 0.15) is 16.8 Å². The zero-order chi connectivity index (χ0) is 21.0. The smallest absolute Gasteiger partial charge is 0.363 e. The Kier molecular flexibility index (Phi) is 6.17. The maximum absolute atomic E-state index is 12.7. The number of hydrogen-bond acceptors (Lipinski definition) is 5. The molecule has 5 nitrogen and oxygen atoms in total. The van der Waals surface area contributed by atoms with Crippen molar-refractivity contribution >= 4 is 23.1 Å². The van der Waals surface area contributed by atoms with E-state index in [1.54, 1.807) is 11.6 Å².